The predicted molar refractivity (Wildman–Crippen MR) is 83.6 cm³/mol. The molecule has 2 rings (SSSR count). The van der Waals surface area contributed by atoms with Crippen LogP contribution >= 0.6 is 0 Å². The molecule has 0 aliphatic carbocycles. The van der Waals surface area contributed by atoms with E-state index in [1.807, 2.05) is 12.3 Å². The molecule has 1 aromatic rings. The van der Waals surface area contributed by atoms with Gasteiger partial charge in [0.1, 0.15) is 6.61 Å². The maximum atomic E-state index is 5.40. The van der Waals surface area contributed by atoms with E-state index in [2.05, 4.69) is 57.8 Å². The first-order valence-corrected chi connectivity index (χ1v) is 7.22. The average molecular weight is 271 g/mol. The van der Waals surface area contributed by atoms with E-state index in [4.69, 9.17) is 4.74 Å². The molecular formula is C18H25NO. The van der Waals surface area contributed by atoms with E-state index in [1.54, 1.807) is 6.26 Å². The fourth-order valence-corrected chi connectivity index (χ4v) is 2.36. The third-order valence-corrected chi connectivity index (χ3v) is 3.89. The first-order chi connectivity index (χ1) is 9.29. The molecular weight excluding hydrogens is 246 g/mol. The second-order valence-electron chi connectivity index (χ2n) is 7.18. The minimum absolute atomic E-state index is 0.0704. The van der Waals surface area contributed by atoms with Gasteiger partial charge in [0, 0.05) is 11.9 Å². The number of hydrogen-bond donors (Lipinski definition) is 0. The van der Waals surface area contributed by atoms with Gasteiger partial charge in [-0.05, 0) is 40.5 Å². The highest BCUT2D eigenvalue weighted by molar-refractivity contribution is 5.26. The lowest BCUT2D eigenvalue weighted by molar-refractivity contribution is 0.243. The molecule has 1 aliphatic heterocycles. The van der Waals surface area contributed by atoms with Crippen molar-refractivity contribution in [2.24, 2.45) is 5.41 Å². The zero-order valence-corrected chi connectivity index (χ0v) is 13.2. The molecule has 1 aromatic heterocycles. The van der Waals surface area contributed by atoms with E-state index in [0.29, 0.717) is 6.61 Å². The first kappa shape index (κ1) is 14.8. The van der Waals surface area contributed by atoms with E-state index in [0.717, 1.165) is 12.1 Å². The molecule has 0 N–H and O–H groups in total. The van der Waals surface area contributed by atoms with Gasteiger partial charge in [-0.25, -0.2) is 0 Å². The standard InChI is InChI=1S/C18H25NO/c1-17(2,3)14-8-9-16(19-12-14)11-18(4,5)15-7-6-10-20-13-15/h6-10,12H,11,13H2,1-5H3. The average Bonchev–Trinajstić information content (AvgIpc) is 2.39. The Labute approximate surface area is 122 Å². The van der Waals surface area contributed by atoms with Crippen molar-refractivity contribution in [2.75, 3.05) is 6.61 Å². The van der Waals surface area contributed by atoms with Crippen molar-refractivity contribution in [2.45, 2.75) is 46.5 Å². The minimum Gasteiger partial charge on any atom is -0.497 e. The smallest absolute Gasteiger partial charge is 0.109 e. The summed E-state index contributed by atoms with van der Waals surface area (Å²) in [5.74, 6) is 0. The maximum absolute atomic E-state index is 5.40. The van der Waals surface area contributed by atoms with Crippen molar-refractivity contribution in [3.05, 3.63) is 53.6 Å². The lowest BCUT2D eigenvalue weighted by Crippen LogP contribution is -2.23. The van der Waals surface area contributed by atoms with Crippen LogP contribution in [0.25, 0.3) is 0 Å². The molecule has 0 unspecified atom stereocenters. The number of aromatic nitrogens is 1. The molecule has 0 amide bonds. The Morgan fingerprint density at radius 2 is 1.90 bits per heavy atom. The molecule has 0 aromatic carbocycles. The van der Waals surface area contributed by atoms with Gasteiger partial charge in [-0.2, -0.15) is 0 Å². The number of ether oxygens (including phenoxy) is 1. The minimum atomic E-state index is 0.0704. The van der Waals surface area contributed by atoms with Gasteiger partial charge in [0.05, 0.1) is 6.26 Å². The van der Waals surface area contributed by atoms with E-state index in [1.165, 1.54) is 11.1 Å². The van der Waals surface area contributed by atoms with Crippen LogP contribution in [0.3, 0.4) is 0 Å². The highest BCUT2D eigenvalue weighted by Gasteiger charge is 2.25. The largest absolute Gasteiger partial charge is 0.497 e. The Kier molecular flexibility index (Phi) is 4.03. The Hall–Kier alpha value is -1.57. The molecule has 1 aliphatic rings. The number of pyridine rings is 1. The van der Waals surface area contributed by atoms with Crippen LogP contribution in [-0.4, -0.2) is 11.6 Å². The van der Waals surface area contributed by atoms with E-state index < -0.39 is 0 Å². The maximum Gasteiger partial charge on any atom is 0.109 e. The van der Waals surface area contributed by atoms with Crippen LogP contribution in [-0.2, 0) is 16.6 Å². The fourth-order valence-electron chi connectivity index (χ4n) is 2.36. The van der Waals surface area contributed by atoms with Crippen LogP contribution in [0.15, 0.2) is 42.3 Å². The summed E-state index contributed by atoms with van der Waals surface area (Å²) in [6.07, 6.45) is 8.82. The summed E-state index contributed by atoms with van der Waals surface area (Å²) in [6, 6.07) is 4.35. The summed E-state index contributed by atoms with van der Waals surface area (Å²) in [5, 5.41) is 0. The number of rotatable bonds is 3. The molecule has 2 heteroatoms. The van der Waals surface area contributed by atoms with Gasteiger partial charge in [0.15, 0.2) is 0 Å². The van der Waals surface area contributed by atoms with Gasteiger partial charge in [-0.1, -0.05) is 46.8 Å². The molecule has 20 heavy (non-hydrogen) atoms. The molecule has 0 saturated heterocycles. The van der Waals surface area contributed by atoms with Crippen molar-refractivity contribution < 1.29 is 4.74 Å². The quantitative estimate of drug-likeness (QED) is 0.812. The summed E-state index contributed by atoms with van der Waals surface area (Å²) in [4.78, 5) is 4.64. The summed E-state index contributed by atoms with van der Waals surface area (Å²) in [6.45, 7) is 11.8. The Morgan fingerprint density at radius 3 is 2.40 bits per heavy atom. The van der Waals surface area contributed by atoms with Gasteiger partial charge >= 0.3 is 0 Å². The third kappa shape index (κ3) is 3.50. The molecule has 0 bridgehead atoms. The van der Waals surface area contributed by atoms with Crippen LogP contribution in [0.2, 0.25) is 0 Å². The van der Waals surface area contributed by atoms with Crippen molar-refractivity contribution in [1.29, 1.82) is 0 Å². The zero-order valence-electron chi connectivity index (χ0n) is 13.2. The molecule has 0 fully saturated rings. The molecule has 2 heterocycles. The van der Waals surface area contributed by atoms with Crippen molar-refractivity contribution in [1.82, 2.24) is 4.98 Å². The summed E-state index contributed by atoms with van der Waals surface area (Å²) >= 11 is 0. The molecule has 0 saturated carbocycles. The van der Waals surface area contributed by atoms with Gasteiger partial charge in [0.2, 0.25) is 0 Å². The van der Waals surface area contributed by atoms with Gasteiger partial charge < -0.3 is 4.74 Å². The van der Waals surface area contributed by atoms with E-state index in [9.17, 15) is 0 Å². The SMILES string of the molecule is CC(C)(Cc1ccc(C(C)(C)C)cn1)C1=CC=COC1. The molecule has 0 atom stereocenters. The zero-order chi connectivity index (χ0) is 14.8. The van der Waals surface area contributed by atoms with Crippen LogP contribution < -0.4 is 0 Å². The molecule has 2 nitrogen and oxygen atoms in total. The van der Waals surface area contributed by atoms with Crippen molar-refractivity contribution in [3.63, 3.8) is 0 Å². The second-order valence-corrected chi connectivity index (χ2v) is 7.18. The topological polar surface area (TPSA) is 22.1 Å². The summed E-state index contributed by atoms with van der Waals surface area (Å²) in [7, 11) is 0. The highest BCUT2D eigenvalue weighted by atomic mass is 16.5. The molecule has 0 spiro atoms. The highest BCUT2D eigenvalue weighted by Crippen LogP contribution is 2.32. The number of allylic oxidation sites excluding steroid dienone is 2. The number of nitrogens with zero attached hydrogens (tertiary/aromatic N) is 1. The van der Waals surface area contributed by atoms with Crippen LogP contribution in [0.5, 0.6) is 0 Å². The Bertz CT molecular complexity index is 515. The van der Waals surface area contributed by atoms with Gasteiger partial charge in [-0.3, -0.25) is 4.98 Å². The molecule has 0 radical (unpaired) electrons. The van der Waals surface area contributed by atoms with Crippen LogP contribution in [0.1, 0.15) is 45.9 Å². The Balaban J connectivity index is 2.13. The monoisotopic (exact) mass is 271 g/mol. The first-order valence-electron chi connectivity index (χ1n) is 7.22. The van der Waals surface area contributed by atoms with Gasteiger partial charge in [0.25, 0.3) is 0 Å². The van der Waals surface area contributed by atoms with Gasteiger partial charge in [-0.15, -0.1) is 0 Å². The second kappa shape index (κ2) is 5.43. The summed E-state index contributed by atoms with van der Waals surface area (Å²) in [5.41, 5.74) is 3.97. The normalized spacial score (nSPS) is 15.8. The van der Waals surface area contributed by atoms with E-state index >= 15 is 0 Å². The van der Waals surface area contributed by atoms with Crippen LogP contribution in [0, 0.1) is 5.41 Å². The lowest BCUT2D eigenvalue weighted by Gasteiger charge is -2.29. The van der Waals surface area contributed by atoms with Crippen molar-refractivity contribution >= 4 is 0 Å². The molecule has 108 valence electrons. The van der Waals surface area contributed by atoms with E-state index in [-0.39, 0.29) is 10.8 Å². The lowest BCUT2D eigenvalue weighted by atomic mass is 9.79. The predicted octanol–water partition coefficient (Wildman–Crippen LogP) is 4.42. The Morgan fingerprint density at radius 1 is 1.15 bits per heavy atom. The third-order valence-electron chi connectivity index (χ3n) is 3.89. The van der Waals surface area contributed by atoms with Crippen molar-refractivity contribution in [3.8, 4) is 0 Å². The number of hydrogen-bond acceptors (Lipinski definition) is 2. The van der Waals surface area contributed by atoms with Crippen LogP contribution in [0.4, 0.5) is 0 Å². The fraction of sp³-hybridized carbons (Fsp3) is 0.500. The summed E-state index contributed by atoms with van der Waals surface area (Å²) < 4.78 is 5.40.